The quantitative estimate of drug-likeness (QED) is 0.526. The van der Waals surface area contributed by atoms with E-state index < -0.39 is 0 Å². The molecule has 2 rings (SSSR count). The molecule has 0 bridgehead atoms. The second-order valence-electron chi connectivity index (χ2n) is 6.58. The van der Waals surface area contributed by atoms with Gasteiger partial charge in [0.05, 0.1) is 0 Å². The van der Waals surface area contributed by atoms with E-state index in [0.29, 0.717) is 6.54 Å². The number of rotatable bonds is 8. The molecule has 0 unspecified atom stereocenters. The van der Waals surface area contributed by atoms with Crippen LogP contribution in [0.25, 0.3) is 16.8 Å². The zero-order chi connectivity index (χ0) is 18.9. The molecule has 0 spiro atoms. The molecule has 0 atom stereocenters. The summed E-state index contributed by atoms with van der Waals surface area (Å²) in [6.07, 6.45) is 7.32. The van der Waals surface area contributed by atoms with Crippen LogP contribution >= 0.6 is 0 Å². The largest absolute Gasteiger partial charge is 0.381 e. The molecule has 134 valence electrons. The lowest BCUT2D eigenvalue weighted by Crippen LogP contribution is -2.15. The highest BCUT2D eigenvalue weighted by Gasteiger charge is 2.10. The van der Waals surface area contributed by atoms with Gasteiger partial charge in [-0.25, -0.2) is 0 Å². The Morgan fingerprint density at radius 2 is 1.77 bits per heavy atom. The zero-order valence-electron chi connectivity index (χ0n) is 16.2. The Hall–Kier alpha value is -2.80. The molecule has 0 aromatic heterocycles. The van der Waals surface area contributed by atoms with Crippen molar-refractivity contribution in [1.82, 2.24) is 5.32 Å². The van der Waals surface area contributed by atoms with Crippen LogP contribution in [-0.2, 0) is 0 Å². The second-order valence-corrected chi connectivity index (χ2v) is 6.58. The third-order valence-corrected chi connectivity index (χ3v) is 4.46. The van der Waals surface area contributed by atoms with Gasteiger partial charge in [-0.05, 0) is 42.5 Å². The summed E-state index contributed by atoms with van der Waals surface area (Å²) in [5.41, 5.74) is 8.10. The number of aryl methyl sites for hydroxylation is 1. The van der Waals surface area contributed by atoms with Crippen molar-refractivity contribution in [2.45, 2.75) is 27.2 Å². The van der Waals surface area contributed by atoms with Crippen LogP contribution in [0.2, 0.25) is 0 Å². The summed E-state index contributed by atoms with van der Waals surface area (Å²) in [7, 11) is 0. The van der Waals surface area contributed by atoms with E-state index in [2.05, 4.69) is 99.9 Å². The summed E-state index contributed by atoms with van der Waals surface area (Å²) in [4.78, 5) is 0. The van der Waals surface area contributed by atoms with E-state index in [-0.39, 0.29) is 0 Å². The zero-order valence-corrected chi connectivity index (χ0v) is 16.2. The van der Waals surface area contributed by atoms with Gasteiger partial charge in [-0.3, -0.25) is 0 Å². The Balaban J connectivity index is 2.12. The normalized spacial score (nSPS) is 11.6. The number of benzene rings is 2. The molecule has 1 N–H and O–H groups in total. The average Bonchev–Trinajstić information content (AvgIpc) is 2.66. The molecule has 0 heterocycles. The van der Waals surface area contributed by atoms with Crippen molar-refractivity contribution in [2.24, 2.45) is 0 Å². The minimum atomic E-state index is 0.677. The Morgan fingerprint density at radius 1 is 1.04 bits per heavy atom. The van der Waals surface area contributed by atoms with E-state index in [1.165, 1.54) is 22.3 Å². The lowest BCUT2D eigenvalue weighted by atomic mass is 9.94. The molecule has 0 amide bonds. The van der Waals surface area contributed by atoms with Crippen LogP contribution in [-0.4, -0.2) is 6.54 Å². The maximum Gasteiger partial charge on any atom is 0.0394 e. The summed E-state index contributed by atoms with van der Waals surface area (Å²) in [5, 5.41) is 3.44. The van der Waals surface area contributed by atoms with Crippen LogP contribution in [0.5, 0.6) is 0 Å². The Labute approximate surface area is 158 Å². The van der Waals surface area contributed by atoms with Gasteiger partial charge >= 0.3 is 0 Å². The van der Waals surface area contributed by atoms with E-state index in [1.807, 2.05) is 6.07 Å². The summed E-state index contributed by atoms with van der Waals surface area (Å²) < 4.78 is 0. The average molecular weight is 344 g/mol. The van der Waals surface area contributed by atoms with E-state index in [1.54, 1.807) is 0 Å². The van der Waals surface area contributed by atoms with Crippen molar-refractivity contribution < 1.29 is 0 Å². The fourth-order valence-electron chi connectivity index (χ4n) is 2.76. The Bertz CT molecular complexity index is 822. The molecule has 1 nitrogen and oxygen atoms in total. The predicted octanol–water partition coefficient (Wildman–Crippen LogP) is 6.69. The maximum absolute atomic E-state index is 4.28. The van der Waals surface area contributed by atoms with E-state index >= 15 is 0 Å². The molecule has 0 saturated carbocycles. The molecule has 0 radical (unpaired) electrons. The summed E-state index contributed by atoms with van der Waals surface area (Å²) >= 11 is 0. The van der Waals surface area contributed by atoms with Crippen LogP contribution in [0.1, 0.15) is 31.4 Å². The molecule has 0 aliphatic rings. The van der Waals surface area contributed by atoms with Crippen molar-refractivity contribution in [3.05, 3.63) is 102 Å². The van der Waals surface area contributed by atoms with E-state index in [4.69, 9.17) is 0 Å². The van der Waals surface area contributed by atoms with Crippen LogP contribution in [0.15, 0.2) is 91.1 Å². The van der Waals surface area contributed by atoms with Crippen molar-refractivity contribution in [1.29, 1.82) is 0 Å². The molecular weight excluding hydrogens is 314 g/mol. The first-order valence-electron chi connectivity index (χ1n) is 9.12. The highest BCUT2D eigenvalue weighted by molar-refractivity contribution is 5.81. The molecule has 2 aromatic carbocycles. The van der Waals surface area contributed by atoms with Gasteiger partial charge in [-0.2, -0.15) is 0 Å². The highest BCUT2D eigenvalue weighted by atomic mass is 14.9. The minimum absolute atomic E-state index is 0.677. The fraction of sp³-hybridized carbons (Fsp3) is 0.200. The molecular formula is C25H29N. The van der Waals surface area contributed by atoms with Gasteiger partial charge in [0.25, 0.3) is 0 Å². The third-order valence-electron chi connectivity index (χ3n) is 4.46. The molecule has 0 aliphatic heterocycles. The standard InChI is InChI=1S/C25H29N/c1-6-19(2)12-10-13-20(3)18-26-22(5)25-21(4)14-11-17-24(25)23-15-8-7-9-16-23/h7-17,26H,3,5-6,18H2,1-2,4H3/b13-10-,19-12+. The van der Waals surface area contributed by atoms with Gasteiger partial charge in [0.1, 0.15) is 0 Å². The number of nitrogens with one attached hydrogen (secondary N) is 1. The lowest BCUT2D eigenvalue weighted by Gasteiger charge is -2.17. The number of allylic oxidation sites excluding steroid dienone is 3. The Morgan fingerprint density at radius 3 is 2.46 bits per heavy atom. The molecule has 0 saturated heterocycles. The number of hydrogen-bond acceptors (Lipinski definition) is 1. The van der Waals surface area contributed by atoms with Crippen LogP contribution in [0.3, 0.4) is 0 Å². The van der Waals surface area contributed by atoms with Crippen LogP contribution < -0.4 is 5.32 Å². The molecule has 0 aliphatic carbocycles. The number of hydrogen-bond donors (Lipinski definition) is 1. The van der Waals surface area contributed by atoms with Gasteiger partial charge in [0, 0.05) is 17.8 Å². The van der Waals surface area contributed by atoms with Crippen LogP contribution in [0, 0.1) is 6.92 Å². The predicted molar refractivity (Wildman–Crippen MR) is 116 cm³/mol. The van der Waals surface area contributed by atoms with Gasteiger partial charge in [0.15, 0.2) is 0 Å². The summed E-state index contributed by atoms with van der Waals surface area (Å²) in [6, 6.07) is 16.8. The first kappa shape index (κ1) is 19.5. The molecule has 1 heteroatoms. The van der Waals surface area contributed by atoms with Crippen molar-refractivity contribution in [3.63, 3.8) is 0 Å². The third kappa shape index (κ3) is 5.35. The van der Waals surface area contributed by atoms with E-state index in [9.17, 15) is 0 Å². The van der Waals surface area contributed by atoms with Gasteiger partial charge in [-0.15, -0.1) is 0 Å². The van der Waals surface area contributed by atoms with Crippen molar-refractivity contribution in [3.8, 4) is 11.1 Å². The first-order valence-corrected chi connectivity index (χ1v) is 9.12. The van der Waals surface area contributed by atoms with Crippen LogP contribution in [0.4, 0.5) is 0 Å². The van der Waals surface area contributed by atoms with Gasteiger partial charge in [-0.1, -0.05) is 92.4 Å². The molecule has 26 heavy (non-hydrogen) atoms. The minimum Gasteiger partial charge on any atom is -0.381 e. The molecule has 2 aromatic rings. The monoisotopic (exact) mass is 343 g/mol. The lowest BCUT2D eigenvalue weighted by molar-refractivity contribution is 0.981. The summed E-state index contributed by atoms with van der Waals surface area (Å²) in [6.45, 7) is 15.5. The van der Waals surface area contributed by atoms with Crippen molar-refractivity contribution in [2.75, 3.05) is 6.54 Å². The second kappa shape index (κ2) is 9.62. The van der Waals surface area contributed by atoms with Gasteiger partial charge in [0.2, 0.25) is 0 Å². The fourth-order valence-corrected chi connectivity index (χ4v) is 2.76. The van der Waals surface area contributed by atoms with E-state index in [0.717, 1.165) is 23.3 Å². The SMILES string of the molecule is C=C(/C=C\C=C(/C)CC)CNC(=C)c1c(C)cccc1-c1ccccc1. The summed E-state index contributed by atoms with van der Waals surface area (Å²) in [5.74, 6) is 0. The first-order chi connectivity index (χ1) is 12.5. The topological polar surface area (TPSA) is 12.0 Å². The van der Waals surface area contributed by atoms with Gasteiger partial charge < -0.3 is 5.32 Å². The molecule has 0 fully saturated rings. The highest BCUT2D eigenvalue weighted by Crippen LogP contribution is 2.29. The maximum atomic E-state index is 4.28. The van der Waals surface area contributed by atoms with Crippen molar-refractivity contribution >= 4 is 5.70 Å². The smallest absolute Gasteiger partial charge is 0.0394 e. The Kier molecular flexibility index (Phi) is 7.23.